The molecule has 104 valence electrons. The number of aliphatic carboxylic acids is 1. The van der Waals surface area contributed by atoms with Crippen LogP contribution in [0, 0.1) is 23.2 Å². The topological polar surface area (TPSA) is 57.6 Å². The highest BCUT2D eigenvalue weighted by molar-refractivity contribution is 5.85. The van der Waals surface area contributed by atoms with Gasteiger partial charge in [-0.3, -0.25) is 9.59 Å². The van der Waals surface area contributed by atoms with Gasteiger partial charge in [-0.2, -0.15) is 0 Å². The number of carbonyl (C=O) groups excluding carboxylic acids is 1. The summed E-state index contributed by atoms with van der Waals surface area (Å²) in [6.07, 6.45) is 0.0967. The number of hydrogen-bond donors (Lipinski definition) is 1. The fraction of sp³-hybridized carbons (Fsp3) is 0.857. The highest BCUT2D eigenvalue weighted by Gasteiger charge is 2.41. The highest BCUT2D eigenvalue weighted by atomic mass is 16.4. The summed E-state index contributed by atoms with van der Waals surface area (Å²) in [5.41, 5.74) is -0.966. The van der Waals surface area contributed by atoms with E-state index in [2.05, 4.69) is 13.8 Å². The lowest BCUT2D eigenvalue weighted by atomic mass is 9.76. The minimum Gasteiger partial charge on any atom is -0.481 e. The van der Waals surface area contributed by atoms with Crippen LogP contribution in [0.15, 0.2) is 0 Å². The maximum Gasteiger partial charge on any atom is 0.310 e. The van der Waals surface area contributed by atoms with Crippen LogP contribution in [0.2, 0.25) is 0 Å². The van der Waals surface area contributed by atoms with Gasteiger partial charge >= 0.3 is 5.97 Å². The largest absolute Gasteiger partial charge is 0.481 e. The zero-order valence-corrected chi connectivity index (χ0v) is 12.1. The van der Waals surface area contributed by atoms with Crippen molar-refractivity contribution in [3.8, 4) is 0 Å². The molecule has 4 nitrogen and oxygen atoms in total. The molecule has 0 aromatic carbocycles. The van der Waals surface area contributed by atoms with Crippen molar-refractivity contribution in [2.75, 3.05) is 13.1 Å². The van der Waals surface area contributed by atoms with Crippen LogP contribution in [0.3, 0.4) is 0 Å². The van der Waals surface area contributed by atoms with E-state index < -0.39 is 11.4 Å². The number of carboxylic acid groups (broad SMARTS) is 1. The first-order valence-electron chi connectivity index (χ1n) is 6.69. The van der Waals surface area contributed by atoms with E-state index in [4.69, 9.17) is 0 Å². The fourth-order valence-corrected chi connectivity index (χ4v) is 2.29. The monoisotopic (exact) mass is 255 g/mol. The van der Waals surface area contributed by atoms with Crippen molar-refractivity contribution < 1.29 is 14.7 Å². The van der Waals surface area contributed by atoms with Crippen molar-refractivity contribution in [1.82, 2.24) is 4.90 Å². The Morgan fingerprint density at radius 1 is 1.28 bits per heavy atom. The number of amides is 1. The average molecular weight is 255 g/mol. The van der Waals surface area contributed by atoms with Crippen LogP contribution in [0.4, 0.5) is 0 Å². The van der Waals surface area contributed by atoms with Crippen molar-refractivity contribution >= 4 is 11.9 Å². The Morgan fingerprint density at radius 2 is 1.72 bits per heavy atom. The van der Waals surface area contributed by atoms with Crippen LogP contribution in [0.1, 0.15) is 41.0 Å². The summed E-state index contributed by atoms with van der Waals surface area (Å²) in [4.78, 5) is 25.4. The quantitative estimate of drug-likeness (QED) is 0.838. The van der Waals surface area contributed by atoms with Gasteiger partial charge in [-0.25, -0.2) is 0 Å². The minimum atomic E-state index is -0.966. The molecule has 1 aliphatic rings. The molecule has 0 spiro atoms. The summed E-state index contributed by atoms with van der Waals surface area (Å²) in [7, 11) is 0. The summed E-state index contributed by atoms with van der Waals surface area (Å²) in [6, 6.07) is 0. The number of likely N-dealkylation sites (tertiary alicyclic amines) is 1. The van der Waals surface area contributed by atoms with Gasteiger partial charge in [0.15, 0.2) is 0 Å². The van der Waals surface area contributed by atoms with E-state index in [1.54, 1.807) is 6.92 Å². The zero-order chi connectivity index (χ0) is 14.1. The Bertz CT molecular complexity index is 330. The number of rotatable bonds is 4. The molecule has 1 saturated heterocycles. The summed E-state index contributed by atoms with van der Waals surface area (Å²) < 4.78 is 0. The Morgan fingerprint density at radius 3 is 2.06 bits per heavy atom. The molecule has 1 rings (SSSR count). The van der Waals surface area contributed by atoms with Crippen LogP contribution in [-0.4, -0.2) is 35.0 Å². The summed E-state index contributed by atoms with van der Waals surface area (Å²) >= 11 is 0. The van der Waals surface area contributed by atoms with E-state index in [9.17, 15) is 14.7 Å². The molecular weight excluding hydrogens is 230 g/mol. The van der Waals surface area contributed by atoms with Crippen molar-refractivity contribution in [3.63, 3.8) is 0 Å². The maximum atomic E-state index is 12.2. The van der Waals surface area contributed by atoms with Crippen LogP contribution in [0.5, 0.6) is 0 Å². The number of carboxylic acids is 1. The zero-order valence-electron chi connectivity index (χ0n) is 12.1. The third kappa shape index (κ3) is 2.85. The van der Waals surface area contributed by atoms with E-state index in [1.165, 1.54) is 0 Å². The Labute approximate surface area is 109 Å². The predicted molar refractivity (Wildman–Crippen MR) is 70.1 cm³/mol. The molecule has 0 aliphatic carbocycles. The lowest BCUT2D eigenvalue weighted by molar-refractivity contribution is -0.155. The first-order valence-corrected chi connectivity index (χ1v) is 6.69. The van der Waals surface area contributed by atoms with E-state index in [0.29, 0.717) is 11.8 Å². The lowest BCUT2D eigenvalue weighted by Crippen LogP contribution is -2.40. The summed E-state index contributed by atoms with van der Waals surface area (Å²) in [5.74, 6) is 0.0421. The first-order chi connectivity index (χ1) is 8.18. The molecule has 0 aromatic heterocycles. The molecule has 3 atom stereocenters. The predicted octanol–water partition coefficient (Wildman–Crippen LogP) is 2.24. The molecule has 1 amide bonds. The van der Waals surface area contributed by atoms with Gasteiger partial charge in [0, 0.05) is 19.5 Å². The van der Waals surface area contributed by atoms with Crippen molar-refractivity contribution in [1.29, 1.82) is 0 Å². The standard InChI is InChI=1S/C14H25NO3/c1-9(2)14(5,13(17)18)6-12(16)15-7-10(3)11(4)8-15/h9-11H,6-8H2,1-5H3,(H,17,18). The molecule has 3 unspecified atom stereocenters. The molecule has 1 fully saturated rings. The summed E-state index contributed by atoms with van der Waals surface area (Å²) in [5, 5.41) is 9.33. The molecule has 0 radical (unpaired) electrons. The fourth-order valence-electron chi connectivity index (χ4n) is 2.29. The molecule has 1 N–H and O–H groups in total. The van der Waals surface area contributed by atoms with Gasteiger partial charge in [-0.05, 0) is 24.7 Å². The second-order valence-electron chi connectivity index (χ2n) is 6.31. The minimum absolute atomic E-state index is 0.0233. The van der Waals surface area contributed by atoms with Gasteiger partial charge in [0.05, 0.1) is 5.41 Å². The van der Waals surface area contributed by atoms with Gasteiger partial charge < -0.3 is 10.0 Å². The second kappa shape index (κ2) is 5.29. The molecular formula is C14H25NO3. The molecule has 0 aromatic rings. The molecule has 18 heavy (non-hydrogen) atoms. The van der Waals surface area contributed by atoms with Crippen LogP contribution in [0.25, 0.3) is 0 Å². The Kier molecular flexibility index (Phi) is 4.41. The van der Waals surface area contributed by atoms with Gasteiger partial charge in [0.25, 0.3) is 0 Å². The van der Waals surface area contributed by atoms with E-state index in [0.717, 1.165) is 13.1 Å². The molecule has 1 heterocycles. The number of carbonyl (C=O) groups is 2. The van der Waals surface area contributed by atoms with Crippen molar-refractivity contribution in [3.05, 3.63) is 0 Å². The van der Waals surface area contributed by atoms with E-state index in [1.807, 2.05) is 18.7 Å². The first kappa shape index (κ1) is 15.0. The Hall–Kier alpha value is -1.06. The van der Waals surface area contributed by atoms with Crippen molar-refractivity contribution in [2.45, 2.75) is 41.0 Å². The van der Waals surface area contributed by atoms with E-state index in [-0.39, 0.29) is 18.2 Å². The SMILES string of the molecule is CC1CN(C(=O)CC(C)(C(=O)O)C(C)C)CC1C. The van der Waals surface area contributed by atoms with Gasteiger partial charge in [-0.15, -0.1) is 0 Å². The molecule has 0 saturated carbocycles. The second-order valence-corrected chi connectivity index (χ2v) is 6.31. The normalized spacial score (nSPS) is 27.3. The maximum absolute atomic E-state index is 12.2. The van der Waals surface area contributed by atoms with Crippen LogP contribution >= 0.6 is 0 Å². The average Bonchev–Trinajstić information content (AvgIpc) is 2.58. The lowest BCUT2D eigenvalue weighted by Gasteiger charge is -2.30. The van der Waals surface area contributed by atoms with Gasteiger partial charge in [-0.1, -0.05) is 27.7 Å². The third-order valence-corrected chi connectivity index (χ3v) is 4.62. The smallest absolute Gasteiger partial charge is 0.310 e. The van der Waals surface area contributed by atoms with Crippen LogP contribution in [-0.2, 0) is 9.59 Å². The van der Waals surface area contributed by atoms with Crippen LogP contribution < -0.4 is 0 Å². The van der Waals surface area contributed by atoms with Gasteiger partial charge in [0.1, 0.15) is 0 Å². The molecule has 4 heteroatoms. The van der Waals surface area contributed by atoms with E-state index >= 15 is 0 Å². The van der Waals surface area contributed by atoms with Gasteiger partial charge in [0.2, 0.25) is 5.91 Å². The molecule has 1 aliphatic heterocycles. The number of nitrogens with zero attached hydrogens (tertiary/aromatic N) is 1. The number of hydrogen-bond acceptors (Lipinski definition) is 2. The third-order valence-electron chi connectivity index (χ3n) is 4.62. The molecule has 0 bridgehead atoms. The highest BCUT2D eigenvalue weighted by Crippen LogP contribution is 2.33. The Balaban J connectivity index is 2.72. The summed E-state index contributed by atoms with van der Waals surface area (Å²) in [6.45, 7) is 11.2. The van der Waals surface area contributed by atoms with Crippen molar-refractivity contribution in [2.24, 2.45) is 23.2 Å².